The largest absolute Gasteiger partial charge is 0.319 e. The standard InChI is InChI=1S/C16H12BrFN2OS/c1-20-13-7-4-11(17)9-14(13)22-16(20)19-15(21)8-10-2-5-12(18)6-3-10/h2-7,9H,8H2,1H3. The Morgan fingerprint density at radius 1 is 1.27 bits per heavy atom. The smallest absolute Gasteiger partial charge is 0.252 e. The number of fused-ring (bicyclic) bond motifs is 1. The monoisotopic (exact) mass is 378 g/mol. The number of hydrogen-bond acceptors (Lipinski definition) is 2. The van der Waals surface area contributed by atoms with Gasteiger partial charge in [0.1, 0.15) is 5.82 Å². The zero-order valence-electron chi connectivity index (χ0n) is 11.7. The summed E-state index contributed by atoms with van der Waals surface area (Å²) in [5, 5.41) is 0. The molecular weight excluding hydrogens is 367 g/mol. The van der Waals surface area contributed by atoms with E-state index in [1.807, 2.05) is 29.8 Å². The van der Waals surface area contributed by atoms with Crippen LogP contribution in [0.1, 0.15) is 5.56 Å². The molecule has 0 saturated heterocycles. The van der Waals surface area contributed by atoms with Crippen molar-refractivity contribution in [3.05, 3.63) is 63.1 Å². The van der Waals surface area contributed by atoms with Crippen molar-refractivity contribution >= 4 is 43.4 Å². The number of halogens is 2. The second kappa shape index (κ2) is 6.14. The van der Waals surface area contributed by atoms with Gasteiger partial charge in [0.2, 0.25) is 0 Å². The first-order valence-corrected chi connectivity index (χ1v) is 8.21. The zero-order valence-corrected chi connectivity index (χ0v) is 14.1. The van der Waals surface area contributed by atoms with Gasteiger partial charge in [0, 0.05) is 11.5 Å². The van der Waals surface area contributed by atoms with E-state index in [0.29, 0.717) is 4.80 Å². The summed E-state index contributed by atoms with van der Waals surface area (Å²) in [5.41, 5.74) is 1.78. The predicted molar refractivity (Wildman–Crippen MR) is 89.2 cm³/mol. The Kier molecular flexibility index (Phi) is 4.22. The first-order chi connectivity index (χ1) is 10.5. The Hall–Kier alpha value is -1.79. The molecule has 0 spiro atoms. The molecular formula is C16H12BrFN2OS. The van der Waals surface area contributed by atoms with Gasteiger partial charge in [-0.2, -0.15) is 4.99 Å². The van der Waals surface area contributed by atoms with Crippen molar-refractivity contribution in [3.63, 3.8) is 0 Å². The number of amides is 1. The number of nitrogens with zero attached hydrogens (tertiary/aromatic N) is 2. The van der Waals surface area contributed by atoms with Gasteiger partial charge in [-0.15, -0.1) is 0 Å². The van der Waals surface area contributed by atoms with E-state index in [2.05, 4.69) is 20.9 Å². The summed E-state index contributed by atoms with van der Waals surface area (Å²) in [7, 11) is 1.89. The average molecular weight is 379 g/mol. The average Bonchev–Trinajstić information content (AvgIpc) is 2.77. The Morgan fingerprint density at radius 3 is 2.73 bits per heavy atom. The van der Waals surface area contributed by atoms with Crippen molar-refractivity contribution in [2.75, 3.05) is 0 Å². The fourth-order valence-corrected chi connectivity index (χ4v) is 3.73. The molecule has 3 rings (SSSR count). The van der Waals surface area contributed by atoms with E-state index in [1.54, 1.807) is 12.1 Å². The summed E-state index contributed by atoms with van der Waals surface area (Å²) in [6.45, 7) is 0. The van der Waals surface area contributed by atoms with Gasteiger partial charge in [0.25, 0.3) is 5.91 Å². The van der Waals surface area contributed by atoms with E-state index in [0.717, 1.165) is 20.3 Å². The molecule has 0 aliphatic rings. The summed E-state index contributed by atoms with van der Waals surface area (Å²) in [6, 6.07) is 11.8. The maximum atomic E-state index is 12.9. The van der Waals surface area contributed by atoms with Crippen LogP contribution < -0.4 is 4.80 Å². The number of carbonyl (C=O) groups is 1. The molecule has 2 aromatic carbocycles. The summed E-state index contributed by atoms with van der Waals surface area (Å²) in [5.74, 6) is -0.553. The lowest BCUT2D eigenvalue weighted by atomic mass is 10.1. The van der Waals surface area contributed by atoms with Crippen molar-refractivity contribution in [1.82, 2.24) is 4.57 Å². The van der Waals surface area contributed by atoms with Gasteiger partial charge in [0.15, 0.2) is 4.80 Å². The minimum Gasteiger partial charge on any atom is -0.319 e. The van der Waals surface area contributed by atoms with Crippen LogP contribution in [0.15, 0.2) is 51.9 Å². The summed E-state index contributed by atoms with van der Waals surface area (Å²) in [4.78, 5) is 16.9. The van der Waals surface area contributed by atoms with Crippen LogP contribution in [0.25, 0.3) is 10.2 Å². The van der Waals surface area contributed by atoms with Crippen LogP contribution in [0.4, 0.5) is 4.39 Å². The molecule has 0 saturated carbocycles. The van der Waals surface area contributed by atoms with Gasteiger partial charge in [-0.05, 0) is 35.9 Å². The number of aromatic nitrogens is 1. The third-order valence-corrected chi connectivity index (χ3v) is 4.85. The molecule has 0 radical (unpaired) electrons. The van der Waals surface area contributed by atoms with Gasteiger partial charge in [0.05, 0.1) is 16.6 Å². The summed E-state index contributed by atoms with van der Waals surface area (Å²) < 4.78 is 16.8. The van der Waals surface area contributed by atoms with Gasteiger partial charge in [-0.25, -0.2) is 4.39 Å². The number of hydrogen-bond donors (Lipinski definition) is 0. The van der Waals surface area contributed by atoms with Crippen LogP contribution in [0.2, 0.25) is 0 Å². The predicted octanol–water partition coefficient (Wildman–Crippen LogP) is 3.81. The highest BCUT2D eigenvalue weighted by atomic mass is 79.9. The van der Waals surface area contributed by atoms with Crippen molar-refractivity contribution in [2.24, 2.45) is 12.0 Å². The van der Waals surface area contributed by atoms with Gasteiger partial charge < -0.3 is 4.57 Å². The van der Waals surface area contributed by atoms with Crippen molar-refractivity contribution in [2.45, 2.75) is 6.42 Å². The van der Waals surface area contributed by atoms with E-state index >= 15 is 0 Å². The Balaban J connectivity index is 1.92. The maximum Gasteiger partial charge on any atom is 0.252 e. The van der Waals surface area contributed by atoms with Crippen LogP contribution in [-0.2, 0) is 18.3 Å². The molecule has 3 nitrogen and oxygen atoms in total. The van der Waals surface area contributed by atoms with E-state index in [-0.39, 0.29) is 18.1 Å². The lowest BCUT2D eigenvalue weighted by Gasteiger charge is -1.97. The lowest BCUT2D eigenvalue weighted by molar-refractivity contribution is -0.117. The molecule has 1 amide bonds. The third kappa shape index (κ3) is 3.18. The quantitative estimate of drug-likeness (QED) is 0.667. The first-order valence-electron chi connectivity index (χ1n) is 6.60. The summed E-state index contributed by atoms with van der Waals surface area (Å²) in [6.07, 6.45) is 0.165. The van der Waals surface area contributed by atoms with E-state index < -0.39 is 0 Å². The molecule has 1 aromatic heterocycles. The van der Waals surface area contributed by atoms with Crippen LogP contribution in [0.3, 0.4) is 0 Å². The molecule has 0 bridgehead atoms. The van der Waals surface area contributed by atoms with E-state index in [9.17, 15) is 9.18 Å². The maximum absolute atomic E-state index is 12.9. The Bertz CT molecular complexity index is 912. The zero-order chi connectivity index (χ0) is 15.7. The first kappa shape index (κ1) is 15.1. The Morgan fingerprint density at radius 2 is 2.00 bits per heavy atom. The molecule has 22 heavy (non-hydrogen) atoms. The number of benzene rings is 2. The molecule has 0 aliphatic heterocycles. The van der Waals surface area contributed by atoms with Gasteiger partial charge >= 0.3 is 0 Å². The van der Waals surface area contributed by atoms with Gasteiger partial charge in [-0.3, -0.25) is 4.79 Å². The third-order valence-electron chi connectivity index (χ3n) is 3.26. The number of thiazole rings is 1. The minimum absolute atomic E-state index is 0.165. The van der Waals surface area contributed by atoms with Crippen molar-refractivity contribution < 1.29 is 9.18 Å². The Labute approximate surface area is 138 Å². The highest BCUT2D eigenvalue weighted by Crippen LogP contribution is 2.21. The highest BCUT2D eigenvalue weighted by molar-refractivity contribution is 9.10. The summed E-state index contributed by atoms with van der Waals surface area (Å²) >= 11 is 4.90. The van der Waals surface area contributed by atoms with Gasteiger partial charge in [-0.1, -0.05) is 39.4 Å². The molecule has 6 heteroatoms. The molecule has 0 aliphatic carbocycles. The van der Waals surface area contributed by atoms with Crippen molar-refractivity contribution in [1.29, 1.82) is 0 Å². The van der Waals surface area contributed by atoms with E-state index in [4.69, 9.17) is 0 Å². The molecule has 0 atom stereocenters. The van der Waals surface area contributed by atoms with Crippen LogP contribution in [0, 0.1) is 5.82 Å². The molecule has 3 aromatic rings. The fraction of sp³-hybridized carbons (Fsp3) is 0.125. The van der Waals surface area contributed by atoms with Crippen molar-refractivity contribution in [3.8, 4) is 0 Å². The molecule has 1 heterocycles. The molecule has 0 unspecified atom stereocenters. The number of aryl methyl sites for hydroxylation is 1. The molecule has 0 fully saturated rings. The SMILES string of the molecule is Cn1c(=NC(=O)Cc2ccc(F)cc2)sc2cc(Br)ccc21. The van der Waals surface area contributed by atoms with E-state index in [1.165, 1.54) is 23.5 Å². The highest BCUT2D eigenvalue weighted by Gasteiger charge is 2.06. The molecule has 112 valence electrons. The minimum atomic E-state index is -0.311. The number of rotatable bonds is 2. The normalized spacial score (nSPS) is 12.0. The lowest BCUT2D eigenvalue weighted by Crippen LogP contribution is -2.14. The number of carbonyl (C=O) groups excluding carboxylic acids is 1. The molecule has 0 N–H and O–H groups in total. The van der Waals surface area contributed by atoms with Crippen LogP contribution >= 0.6 is 27.3 Å². The second-order valence-corrected chi connectivity index (χ2v) is 6.79. The van der Waals surface area contributed by atoms with Crippen LogP contribution in [-0.4, -0.2) is 10.5 Å². The second-order valence-electron chi connectivity index (χ2n) is 4.86. The topological polar surface area (TPSA) is 34.4 Å². The fourth-order valence-electron chi connectivity index (χ4n) is 2.14. The van der Waals surface area contributed by atoms with Crippen LogP contribution in [0.5, 0.6) is 0 Å².